The molecule has 3 aromatic rings. The van der Waals surface area contributed by atoms with Gasteiger partial charge in [0.25, 0.3) is 10.0 Å². The third-order valence-electron chi connectivity index (χ3n) is 6.22. The topological polar surface area (TPSA) is 105 Å². The highest BCUT2D eigenvalue weighted by Crippen LogP contribution is 2.34. The van der Waals surface area contributed by atoms with Crippen LogP contribution < -0.4 is 19.1 Å². The molecule has 39 heavy (non-hydrogen) atoms. The maximum absolute atomic E-state index is 13.9. The van der Waals surface area contributed by atoms with Crippen molar-refractivity contribution in [2.75, 3.05) is 32.1 Å². The summed E-state index contributed by atoms with van der Waals surface area (Å²) < 4.78 is 39.5. The average Bonchev–Trinajstić information content (AvgIpc) is 2.94. The number of benzene rings is 3. The molecule has 0 bridgehead atoms. The molecular weight excluding hydrogens is 542 g/mol. The molecule has 0 saturated heterocycles. The minimum absolute atomic E-state index is 0.0132. The van der Waals surface area contributed by atoms with Gasteiger partial charge in [0.1, 0.15) is 12.6 Å². The summed E-state index contributed by atoms with van der Waals surface area (Å²) in [5, 5.41) is 3.08. The zero-order valence-corrected chi connectivity index (χ0v) is 24.0. The molecule has 9 nitrogen and oxygen atoms in total. The number of rotatable bonds is 11. The Balaban J connectivity index is 2.08. The van der Waals surface area contributed by atoms with Crippen LogP contribution in [0.1, 0.15) is 18.1 Å². The van der Waals surface area contributed by atoms with Gasteiger partial charge in [-0.3, -0.25) is 13.9 Å². The van der Waals surface area contributed by atoms with Gasteiger partial charge in [-0.25, -0.2) is 8.42 Å². The Morgan fingerprint density at radius 1 is 0.949 bits per heavy atom. The maximum atomic E-state index is 13.9. The Kier molecular flexibility index (Phi) is 9.82. The number of halogens is 1. The van der Waals surface area contributed by atoms with E-state index in [0.29, 0.717) is 16.5 Å². The SMILES string of the molecule is CNC(=O)[C@H](C)N(Cc1ccc(Cl)cc1)C(=O)CN(c1ccc(OC)c(OC)c1)S(=O)(=O)c1ccc(C)cc1. The summed E-state index contributed by atoms with van der Waals surface area (Å²) in [5.41, 5.74) is 1.81. The molecule has 2 amide bonds. The summed E-state index contributed by atoms with van der Waals surface area (Å²) in [6, 6.07) is 16.9. The van der Waals surface area contributed by atoms with Crippen molar-refractivity contribution in [2.24, 2.45) is 0 Å². The standard InChI is InChI=1S/C28H32ClN3O6S/c1-19-6-13-24(14-7-19)39(35,36)32(23-12-15-25(37-4)26(16-23)38-5)18-27(33)31(20(2)28(34)30-3)17-21-8-10-22(29)11-9-21/h6-16,20H,17-18H2,1-5H3,(H,30,34)/t20-/m0/s1. The number of carbonyl (C=O) groups excluding carboxylic acids is 2. The largest absolute Gasteiger partial charge is 0.493 e. The molecular formula is C28H32ClN3O6S. The molecule has 0 spiro atoms. The molecule has 0 heterocycles. The van der Waals surface area contributed by atoms with Crippen LogP contribution in [-0.4, -0.2) is 59.0 Å². The van der Waals surface area contributed by atoms with E-state index in [4.69, 9.17) is 21.1 Å². The second-order valence-electron chi connectivity index (χ2n) is 8.80. The van der Waals surface area contributed by atoms with Gasteiger partial charge in [-0.2, -0.15) is 0 Å². The van der Waals surface area contributed by atoms with Gasteiger partial charge in [0.05, 0.1) is 24.8 Å². The predicted molar refractivity (Wildman–Crippen MR) is 151 cm³/mol. The van der Waals surface area contributed by atoms with E-state index in [1.807, 2.05) is 6.92 Å². The summed E-state index contributed by atoms with van der Waals surface area (Å²) in [6.07, 6.45) is 0. The fraction of sp³-hybridized carbons (Fsp3) is 0.286. The first-order valence-electron chi connectivity index (χ1n) is 12.1. The monoisotopic (exact) mass is 573 g/mol. The Hall–Kier alpha value is -3.76. The van der Waals surface area contributed by atoms with E-state index in [1.165, 1.54) is 50.4 Å². The van der Waals surface area contributed by atoms with Crippen molar-refractivity contribution in [3.05, 3.63) is 82.9 Å². The van der Waals surface area contributed by atoms with Crippen LogP contribution in [0.4, 0.5) is 5.69 Å². The summed E-state index contributed by atoms with van der Waals surface area (Å²) in [4.78, 5) is 27.7. The highest BCUT2D eigenvalue weighted by atomic mass is 35.5. The smallest absolute Gasteiger partial charge is 0.264 e. The van der Waals surface area contributed by atoms with Gasteiger partial charge < -0.3 is 19.7 Å². The fourth-order valence-corrected chi connectivity index (χ4v) is 5.46. The Morgan fingerprint density at radius 3 is 2.13 bits per heavy atom. The van der Waals surface area contributed by atoms with Crippen molar-refractivity contribution in [1.82, 2.24) is 10.2 Å². The van der Waals surface area contributed by atoms with Crippen molar-refractivity contribution < 1.29 is 27.5 Å². The lowest BCUT2D eigenvalue weighted by molar-refractivity contribution is -0.139. The summed E-state index contributed by atoms with van der Waals surface area (Å²) >= 11 is 6.01. The third kappa shape index (κ3) is 7.01. The number of nitrogens with zero attached hydrogens (tertiary/aromatic N) is 2. The van der Waals surface area contributed by atoms with E-state index in [-0.39, 0.29) is 17.1 Å². The molecule has 208 valence electrons. The molecule has 0 aliphatic rings. The first kappa shape index (κ1) is 29.8. The molecule has 1 atom stereocenters. The lowest BCUT2D eigenvalue weighted by atomic mass is 10.1. The zero-order valence-electron chi connectivity index (χ0n) is 22.5. The number of likely N-dealkylation sites (N-methyl/N-ethyl adjacent to an activating group) is 1. The zero-order chi connectivity index (χ0) is 28.7. The van der Waals surface area contributed by atoms with Crippen LogP contribution in [0.15, 0.2) is 71.6 Å². The van der Waals surface area contributed by atoms with Crippen LogP contribution in [0.3, 0.4) is 0 Å². The van der Waals surface area contributed by atoms with Gasteiger partial charge in [0.2, 0.25) is 11.8 Å². The summed E-state index contributed by atoms with van der Waals surface area (Å²) in [6.45, 7) is 2.93. The molecule has 0 aliphatic carbocycles. The number of hydrogen-bond donors (Lipinski definition) is 1. The quantitative estimate of drug-likeness (QED) is 0.371. The Labute approximate surface area is 234 Å². The van der Waals surface area contributed by atoms with Crippen molar-refractivity contribution in [3.63, 3.8) is 0 Å². The van der Waals surface area contributed by atoms with Crippen LogP contribution in [-0.2, 0) is 26.2 Å². The molecule has 3 aromatic carbocycles. The maximum Gasteiger partial charge on any atom is 0.264 e. The average molecular weight is 574 g/mol. The predicted octanol–water partition coefficient (Wildman–Crippen LogP) is 4.02. The van der Waals surface area contributed by atoms with Crippen molar-refractivity contribution >= 4 is 39.1 Å². The number of methoxy groups -OCH3 is 2. The molecule has 0 unspecified atom stereocenters. The van der Waals surface area contributed by atoms with Crippen molar-refractivity contribution in [2.45, 2.75) is 31.3 Å². The van der Waals surface area contributed by atoms with E-state index < -0.39 is 34.4 Å². The fourth-order valence-electron chi connectivity index (χ4n) is 3.92. The highest BCUT2D eigenvalue weighted by molar-refractivity contribution is 7.92. The minimum atomic E-state index is -4.20. The number of hydrogen-bond acceptors (Lipinski definition) is 6. The molecule has 0 saturated carbocycles. The molecule has 0 aromatic heterocycles. The van der Waals surface area contributed by atoms with E-state index in [2.05, 4.69) is 5.32 Å². The van der Waals surface area contributed by atoms with Gasteiger partial charge in [-0.05, 0) is 55.8 Å². The number of sulfonamides is 1. The van der Waals surface area contributed by atoms with Crippen LogP contribution in [0.25, 0.3) is 0 Å². The summed E-state index contributed by atoms with van der Waals surface area (Å²) in [5.74, 6) is -0.274. The van der Waals surface area contributed by atoms with Gasteiger partial charge in [0, 0.05) is 24.7 Å². The number of amides is 2. The molecule has 11 heteroatoms. The number of anilines is 1. The van der Waals surface area contributed by atoms with E-state index in [9.17, 15) is 18.0 Å². The van der Waals surface area contributed by atoms with E-state index in [1.54, 1.807) is 49.4 Å². The second kappa shape index (κ2) is 12.9. The normalized spacial score (nSPS) is 11.8. The molecule has 3 rings (SSSR count). The lowest BCUT2D eigenvalue weighted by Gasteiger charge is -2.32. The van der Waals surface area contributed by atoms with Crippen LogP contribution in [0.2, 0.25) is 5.02 Å². The van der Waals surface area contributed by atoms with Crippen LogP contribution in [0, 0.1) is 6.92 Å². The first-order chi connectivity index (χ1) is 18.5. The van der Waals surface area contributed by atoms with Gasteiger partial charge in [-0.15, -0.1) is 0 Å². The number of ether oxygens (including phenoxy) is 2. The molecule has 0 fully saturated rings. The molecule has 1 N–H and O–H groups in total. The Bertz CT molecular complexity index is 1410. The Morgan fingerprint density at radius 2 is 1.56 bits per heavy atom. The second-order valence-corrected chi connectivity index (χ2v) is 11.1. The van der Waals surface area contributed by atoms with Crippen molar-refractivity contribution in [1.29, 1.82) is 0 Å². The number of nitrogens with one attached hydrogen (secondary N) is 1. The molecule has 0 radical (unpaired) electrons. The summed E-state index contributed by atoms with van der Waals surface area (Å²) in [7, 11) is 0.175. The van der Waals surface area contributed by atoms with Gasteiger partial charge in [0.15, 0.2) is 11.5 Å². The van der Waals surface area contributed by atoms with Crippen molar-refractivity contribution in [3.8, 4) is 11.5 Å². The first-order valence-corrected chi connectivity index (χ1v) is 13.9. The van der Waals surface area contributed by atoms with E-state index >= 15 is 0 Å². The van der Waals surface area contributed by atoms with E-state index in [0.717, 1.165) is 15.4 Å². The number of carbonyl (C=O) groups is 2. The van der Waals surface area contributed by atoms with Crippen LogP contribution in [0.5, 0.6) is 11.5 Å². The van der Waals surface area contributed by atoms with Crippen LogP contribution >= 0.6 is 11.6 Å². The third-order valence-corrected chi connectivity index (χ3v) is 8.26. The lowest BCUT2D eigenvalue weighted by Crippen LogP contribution is -2.50. The minimum Gasteiger partial charge on any atom is -0.493 e. The van der Waals surface area contributed by atoms with Gasteiger partial charge in [-0.1, -0.05) is 41.4 Å². The molecule has 0 aliphatic heterocycles. The highest BCUT2D eigenvalue weighted by Gasteiger charge is 2.32. The van der Waals surface area contributed by atoms with Gasteiger partial charge >= 0.3 is 0 Å². The number of aryl methyl sites for hydroxylation is 1.